The van der Waals surface area contributed by atoms with Crippen LogP contribution < -0.4 is 0 Å². The van der Waals surface area contributed by atoms with Crippen molar-refractivity contribution in [2.45, 2.75) is 0 Å². The van der Waals surface area contributed by atoms with Gasteiger partial charge < -0.3 is 0 Å². The molecule has 13 heavy (non-hydrogen) atoms. The summed E-state index contributed by atoms with van der Waals surface area (Å²) in [5, 5.41) is 0.544. The molecule has 0 atom stereocenters. The first-order chi connectivity index (χ1) is 5.95. The van der Waals surface area contributed by atoms with Crippen LogP contribution in [0.4, 0.5) is 0 Å². The summed E-state index contributed by atoms with van der Waals surface area (Å²) in [6.07, 6.45) is 1.66. The van der Waals surface area contributed by atoms with Crippen molar-refractivity contribution in [1.29, 1.82) is 0 Å². The number of halogens is 1. The summed E-state index contributed by atoms with van der Waals surface area (Å²) < 4.78 is 29.7. The molecule has 5 nitrogen and oxygen atoms in total. The summed E-state index contributed by atoms with van der Waals surface area (Å²) in [7, 11) is -3.29. The third kappa shape index (κ3) is 9.22. The molecule has 0 aromatic carbocycles. The van der Waals surface area contributed by atoms with Gasteiger partial charge in [-0.1, -0.05) is 17.7 Å². The molecule has 0 bridgehead atoms. The van der Waals surface area contributed by atoms with Gasteiger partial charge in [0.1, 0.15) is 5.15 Å². The highest BCUT2D eigenvalue weighted by molar-refractivity contribution is 7.80. The second-order valence-corrected chi connectivity index (χ2v) is 3.32. The van der Waals surface area contributed by atoms with Gasteiger partial charge in [0.2, 0.25) is 0 Å². The Balaban J connectivity index is 0.000000226. The third-order valence-corrected chi connectivity index (χ3v) is 1.48. The van der Waals surface area contributed by atoms with E-state index in [1.54, 1.807) is 12.3 Å². The van der Waals surface area contributed by atoms with E-state index in [1.807, 2.05) is 12.1 Å². The molecule has 0 aliphatic rings. The van der Waals surface area contributed by atoms with Gasteiger partial charge in [0.25, 0.3) is 0 Å². The van der Waals surface area contributed by atoms with Crippen LogP contribution in [-0.2, 0) is 14.6 Å². The van der Waals surface area contributed by atoms with Crippen LogP contribution in [0.3, 0.4) is 0 Å². The first-order valence-corrected chi connectivity index (χ1v) is 4.79. The first-order valence-electron chi connectivity index (χ1n) is 3.05. The molecule has 1 N–H and O–H groups in total. The van der Waals surface area contributed by atoms with E-state index in [1.165, 1.54) is 0 Å². The maximum atomic E-state index is 9.33. The van der Waals surface area contributed by atoms with E-state index in [0.29, 0.717) is 5.15 Å². The number of rotatable bonds is 1. The fourth-order valence-electron chi connectivity index (χ4n) is 0.342. The Labute approximate surface area is 81.3 Å². The second kappa shape index (κ2) is 5.87. The van der Waals surface area contributed by atoms with Gasteiger partial charge in [-0.15, -0.1) is 0 Å². The molecular formula is C6H8ClNO4S. The van der Waals surface area contributed by atoms with Crippen molar-refractivity contribution in [2.75, 3.05) is 7.11 Å². The van der Waals surface area contributed by atoms with Gasteiger partial charge in [-0.05, 0) is 12.1 Å². The zero-order valence-electron chi connectivity index (χ0n) is 6.71. The number of hydrogen-bond acceptors (Lipinski definition) is 4. The second-order valence-electron chi connectivity index (χ2n) is 1.75. The minimum absolute atomic E-state index is 0.544. The van der Waals surface area contributed by atoms with Gasteiger partial charge in [0, 0.05) is 6.20 Å². The summed E-state index contributed by atoms with van der Waals surface area (Å²) in [5.74, 6) is 0. The Morgan fingerprint density at radius 1 is 1.54 bits per heavy atom. The van der Waals surface area contributed by atoms with Gasteiger partial charge in [-0.2, -0.15) is 8.42 Å². The predicted octanol–water partition coefficient (Wildman–Crippen LogP) is 1.17. The Bertz CT molecular complexity index is 326. The van der Waals surface area contributed by atoms with Crippen molar-refractivity contribution in [2.24, 2.45) is 0 Å². The van der Waals surface area contributed by atoms with Crippen LogP contribution in [0.15, 0.2) is 24.4 Å². The lowest BCUT2D eigenvalue weighted by molar-refractivity contribution is 0.324. The molecule has 0 saturated carbocycles. The average Bonchev–Trinajstić information content (AvgIpc) is 2.06. The Kier molecular flexibility index (Phi) is 5.56. The lowest BCUT2D eigenvalue weighted by atomic mass is 10.5. The van der Waals surface area contributed by atoms with Crippen molar-refractivity contribution in [3.05, 3.63) is 29.5 Å². The van der Waals surface area contributed by atoms with Crippen molar-refractivity contribution < 1.29 is 17.2 Å². The number of pyridine rings is 1. The third-order valence-electron chi connectivity index (χ3n) is 0.839. The van der Waals surface area contributed by atoms with E-state index >= 15 is 0 Å². The minimum Gasteiger partial charge on any atom is -0.264 e. The molecule has 0 unspecified atom stereocenters. The Hall–Kier alpha value is -0.690. The van der Waals surface area contributed by atoms with Gasteiger partial charge in [-0.25, -0.2) is 4.98 Å². The molecule has 0 aliphatic carbocycles. The van der Waals surface area contributed by atoms with Gasteiger partial charge in [0.05, 0.1) is 7.11 Å². The van der Waals surface area contributed by atoms with Crippen molar-refractivity contribution in [3.63, 3.8) is 0 Å². The van der Waals surface area contributed by atoms with E-state index in [0.717, 1.165) is 7.11 Å². The molecule has 0 aliphatic heterocycles. The van der Waals surface area contributed by atoms with E-state index < -0.39 is 10.4 Å². The lowest BCUT2D eigenvalue weighted by Crippen LogP contribution is -1.96. The topological polar surface area (TPSA) is 76.5 Å². The normalized spacial score (nSPS) is 10.1. The van der Waals surface area contributed by atoms with E-state index in [-0.39, 0.29) is 0 Å². The summed E-state index contributed by atoms with van der Waals surface area (Å²) in [6.45, 7) is 0. The van der Waals surface area contributed by atoms with Crippen LogP contribution in [0.25, 0.3) is 0 Å². The molecule has 1 aromatic heterocycles. The van der Waals surface area contributed by atoms with E-state index in [2.05, 4.69) is 9.17 Å². The molecular weight excluding hydrogens is 218 g/mol. The maximum Gasteiger partial charge on any atom is 0.397 e. The Morgan fingerprint density at radius 2 is 2.08 bits per heavy atom. The number of aromatic nitrogens is 1. The molecule has 1 heterocycles. The summed E-state index contributed by atoms with van der Waals surface area (Å²) >= 11 is 5.43. The van der Waals surface area contributed by atoms with Crippen LogP contribution in [0.1, 0.15) is 0 Å². The van der Waals surface area contributed by atoms with Crippen molar-refractivity contribution in [1.82, 2.24) is 4.98 Å². The zero-order chi connectivity index (χ0) is 10.3. The fraction of sp³-hybridized carbons (Fsp3) is 0.167. The Morgan fingerprint density at radius 3 is 2.23 bits per heavy atom. The number of hydrogen-bond donors (Lipinski definition) is 1. The molecule has 74 valence electrons. The lowest BCUT2D eigenvalue weighted by Gasteiger charge is -1.82. The minimum atomic E-state index is -4.16. The summed E-state index contributed by atoms with van der Waals surface area (Å²) in [4.78, 5) is 3.74. The quantitative estimate of drug-likeness (QED) is 0.574. The highest BCUT2D eigenvalue weighted by atomic mass is 35.5. The first kappa shape index (κ1) is 12.3. The van der Waals surface area contributed by atoms with Crippen LogP contribution in [-0.4, -0.2) is 25.1 Å². The van der Waals surface area contributed by atoms with Crippen LogP contribution in [0, 0.1) is 0 Å². The zero-order valence-corrected chi connectivity index (χ0v) is 8.29. The van der Waals surface area contributed by atoms with Gasteiger partial charge in [0.15, 0.2) is 0 Å². The molecule has 1 aromatic rings. The van der Waals surface area contributed by atoms with Crippen LogP contribution >= 0.6 is 11.6 Å². The monoisotopic (exact) mass is 225 g/mol. The molecule has 0 spiro atoms. The van der Waals surface area contributed by atoms with Gasteiger partial charge >= 0.3 is 10.4 Å². The predicted molar refractivity (Wildman–Crippen MR) is 47.8 cm³/mol. The van der Waals surface area contributed by atoms with Crippen LogP contribution in [0.2, 0.25) is 5.15 Å². The highest BCUT2D eigenvalue weighted by Gasteiger charge is 1.94. The van der Waals surface area contributed by atoms with E-state index in [9.17, 15) is 8.42 Å². The molecule has 0 radical (unpaired) electrons. The molecule has 7 heteroatoms. The van der Waals surface area contributed by atoms with E-state index in [4.69, 9.17) is 16.2 Å². The standard InChI is InChI=1S/C5H4ClN.CH4O4S/c6-5-3-1-2-4-7-5;1-5-6(2,3)4/h1-4H;1H3,(H,2,3,4). The summed E-state index contributed by atoms with van der Waals surface area (Å²) in [5.41, 5.74) is 0. The maximum absolute atomic E-state index is 9.33. The van der Waals surface area contributed by atoms with Crippen molar-refractivity contribution >= 4 is 22.0 Å². The largest absolute Gasteiger partial charge is 0.397 e. The molecule has 0 saturated heterocycles. The van der Waals surface area contributed by atoms with Crippen molar-refractivity contribution in [3.8, 4) is 0 Å². The SMILES string of the molecule is COS(=O)(=O)O.Clc1ccccn1. The average molecular weight is 226 g/mol. The fourth-order valence-corrected chi connectivity index (χ4v) is 0.471. The van der Waals surface area contributed by atoms with Gasteiger partial charge in [-0.3, -0.25) is 8.74 Å². The smallest absolute Gasteiger partial charge is 0.264 e. The molecule has 0 fully saturated rings. The highest BCUT2D eigenvalue weighted by Crippen LogP contribution is 1.98. The molecule has 1 rings (SSSR count). The molecule has 0 amide bonds. The number of nitrogens with zero attached hydrogens (tertiary/aromatic N) is 1. The summed E-state index contributed by atoms with van der Waals surface area (Å²) in [6, 6.07) is 5.41. The van der Waals surface area contributed by atoms with Crippen LogP contribution in [0.5, 0.6) is 0 Å².